The number of carbonyl (C=O) groups excluding carboxylic acids is 1. The summed E-state index contributed by atoms with van der Waals surface area (Å²) in [5.41, 5.74) is 3.12. The molecule has 1 fully saturated rings. The first-order valence-corrected chi connectivity index (χ1v) is 12.7. The van der Waals surface area contributed by atoms with Gasteiger partial charge in [0.2, 0.25) is 0 Å². The Morgan fingerprint density at radius 3 is 2.74 bits per heavy atom. The van der Waals surface area contributed by atoms with Crippen molar-refractivity contribution in [2.24, 2.45) is 0 Å². The number of hydrogen-bond acceptors (Lipinski definition) is 5. The maximum absolute atomic E-state index is 14.1. The van der Waals surface area contributed by atoms with Gasteiger partial charge in [-0.3, -0.25) is 4.79 Å². The smallest absolute Gasteiger partial charge is 0.262 e. The number of ether oxygens (including phenoxy) is 2. The summed E-state index contributed by atoms with van der Waals surface area (Å²) in [5, 5.41) is 17.4. The number of nitrogens with zero attached hydrogens (tertiary/aromatic N) is 3. The summed E-state index contributed by atoms with van der Waals surface area (Å²) >= 11 is 0. The zero-order valence-corrected chi connectivity index (χ0v) is 21.2. The van der Waals surface area contributed by atoms with E-state index in [1.807, 2.05) is 48.5 Å². The van der Waals surface area contributed by atoms with Crippen molar-refractivity contribution in [3.63, 3.8) is 0 Å². The van der Waals surface area contributed by atoms with Crippen molar-refractivity contribution in [3.05, 3.63) is 108 Å². The quantitative estimate of drug-likeness (QED) is 0.233. The first-order valence-electron chi connectivity index (χ1n) is 12.7. The Bertz CT molecular complexity index is 1520. The van der Waals surface area contributed by atoms with E-state index in [0.29, 0.717) is 35.7 Å². The molecule has 39 heavy (non-hydrogen) atoms. The van der Waals surface area contributed by atoms with Crippen LogP contribution in [0.3, 0.4) is 0 Å². The van der Waals surface area contributed by atoms with Gasteiger partial charge in [-0.1, -0.05) is 48.5 Å². The highest BCUT2D eigenvalue weighted by atomic mass is 19.1. The number of nitriles is 1. The molecule has 8 heteroatoms. The van der Waals surface area contributed by atoms with E-state index < -0.39 is 5.91 Å². The van der Waals surface area contributed by atoms with Crippen LogP contribution in [0.15, 0.2) is 90.6 Å². The van der Waals surface area contributed by atoms with Crippen molar-refractivity contribution in [2.45, 2.75) is 25.6 Å². The van der Waals surface area contributed by atoms with Crippen LogP contribution < -0.4 is 10.1 Å². The Morgan fingerprint density at radius 2 is 1.97 bits per heavy atom. The van der Waals surface area contributed by atoms with Crippen molar-refractivity contribution >= 4 is 12.0 Å². The van der Waals surface area contributed by atoms with E-state index in [1.165, 1.54) is 6.07 Å². The number of halogens is 1. The topological polar surface area (TPSA) is 89.2 Å². The summed E-state index contributed by atoms with van der Waals surface area (Å²) in [6, 6.07) is 25.3. The van der Waals surface area contributed by atoms with Crippen LogP contribution in [0.1, 0.15) is 24.0 Å². The van der Waals surface area contributed by atoms with Crippen LogP contribution >= 0.6 is 0 Å². The Balaban J connectivity index is 1.45. The Morgan fingerprint density at radius 1 is 1.15 bits per heavy atom. The van der Waals surface area contributed by atoms with Crippen LogP contribution in [-0.4, -0.2) is 34.9 Å². The van der Waals surface area contributed by atoms with Gasteiger partial charge in [0.05, 0.1) is 11.8 Å². The molecular weight excluding hydrogens is 495 g/mol. The van der Waals surface area contributed by atoms with Gasteiger partial charge in [-0.25, -0.2) is 9.07 Å². The zero-order chi connectivity index (χ0) is 27.0. The maximum atomic E-state index is 14.1. The minimum absolute atomic E-state index is 0.0302. The van der Waals surface area contributed by atoms with Gasteiger partial charge in [-0.15, -0.1) is 0 Å². The third-order valence-corrected chi connectivity index (χ3v) is 6.40. The van der Waals surface area contributed by atoms with Crippen LogP contribution in [0.2, 0.25) is 0 Å². The van der Waals surface area contributed by atoms with Gasteiger partial charge in [0.1, 0.15) is 35.5 Å². The Kier molecular flexibility index (Phi) is 8.10. The van der Waals surface area contributed by atoms with E-state index in [1.54, 1.807) is 47.3 Å². The van der Waals surface area contributed by atoms with Gasteiger partial charge in [0.25, 0.3) is 5.91 Å². The van der Waals surface area contributed by atoms with E-state index in [-0.39, 0.29) is 24.1 Å². The van der Waals surface area contributed by atoms with E-state index in [2.05, 4.69) is 5.32 Å². The maximum Gasteiger partial charge on any atom is 0.262 e. The molecule has 1 aliphatic heterocycles. The monoisotopic (exact) mass is 522 g/mol. The number of aromatic nitrogens is 2. The van der Waals surface area contributed by atoms with Crippen molar-refractivity contribution < 1.29 is 18.7 Å². The molecule has 1 atom stereocenters. The molecule has 1 amide bonds. The summed E-state index contributed by atoms with van der Waals surface area (Å²) < 4.78 is 27.2. The third kappa shape index (κ3) is 6.40. The predicted octanol–water partition coefficient (Wildman–Crippen LogP) is 5.46. The van der Waals surface area contributed by atoms with Gasteiger partial charge in [0.15, 0.2) is 0 Å². The lowest BCUT2D eigenvalue weighted by Gasteiger charge is -2.10. The van der Waals surface area contributed by atoms with E-state index in [4.69, 9.17) is 14.6 Å². The standard InChI is InChI=1S/C31H27FN4O3/c32-29-14-5-4-8-23(29)21-39-27-12-6-9-22(17-27)30-25(20-36(35-30)26-10-2-1-3-11-26)16-24(18-33)31(37)34-19-28-13-7-15-38-28/h1-6,8-12,14,16-17,20,28H,7,13,15,19,21H2,(H,34,37). The molecule has 196 valence electrons. The molecule has 5 rings (SSSR count). The Labute approximate surface area is 226 Å². The minimum Gasteiger partial charge on any atom is -0.489 e. The predicted molar refractivity (Wildman–Crippen MR) is 145 cm³/mol. The first kappa shape index (κ1) is 25.9. The number of para-hydroxylation sites is 1. The van der Waals surface area contributed by atoms with E-state index in [9.17, 15) is 14.4 Å². The molecule has 4 aromatic rings. The van der Waals surface area contributed by atoms with Crippen LogP contribution in [0.4, 0.5) is 4.39 Å². The molecule has 0 radical (unpaired) electrons. The van der Waals surface area contributed by atoms with Crippen molar-refractivity contribution in [2.75, 3.05) is 13.2 Å². The molecule has 0 spiro atoms. The minimum atomic E-state index is -0.464. The van der Waals surface area contributed by atoms with Gasteiger partial charge in [-0.05, 0) is 49.2 Å². The van der Waals surface area contributed by atoms with Crippen molar-refractivity contribution in [3.8, 4) is 28.8 Å². The van der Waals surface area contributed by atoms with Crippen LogP contribution in [-0.2, 0) is 16.1 Å². The summed E-state index contributed by atoms with van der Waals surface area (Å²) in [4.78, 5) is 12.8. The highest BCUT2D eigenvalue weighted by Gasteiger charge is 2.19. The molecule has 1 N–H and O–H groups in total. The molecule has 0 saturated carbocycles. The molecule has 0 aliphatic carbocycles. The van der Waals surface area contributed by atoms with E-state index >= 15 is 0 Å². The lowest BCUT2D eigenvalue weighted by atomic mass is 10.1. The number of carbonyl (C=O) groups is 1. The first-order chi connectivity index (χ1) is 19.1. The molecule has 1 unspecified atom stereocenters. The fourth-order valence-electron chi connectivity index (χ4n) is 4.35. The van der Waals surface area contributed by atoms with Crippen LogP contribution in [0.25, 0.3) is 23.0 Å². The summed E-state index contributed by atoms with van der Waals surface area (Å²) in [5.74, 6) is -0.257. The molecule has 1 aromatic heterocycles. The molecule has 2 heterocycles. The number of amides is 1. The van der Waals surface area contributed by atoms with Gasteiger partial charge in [-0.2, -0.15) is 10.4 Å². The molecule has 1 aliphatic rings. The van der Waals surface area contributed by atoms with Gasteiger partial charge >= 0.3 is 0 Å². The lowest BCUT2D eigenvalue weighted by molar-refractivity contribution is -0.117. The normalized spacial score (nSPS) is 15.1. The third-order valence-electron chi connectivity index (χ3n) is 6.40. The Hall–Kier alpha value is -4.74. The molecule has 3 aromatic carbocycles. The fourth-order valence-corrected chi connectivity index (χ4v) is 4.35. The number of nitrogens with one attached hydrogen (secondary N) is 1. The van der Waals surface area contributed by atoms with Crippen molar-refractivity contribution in [1.82, 2.24) is 15.1 Å². The number of benzene rings is 3. The summed E-state index contributed by atoms with van der Waals surface area (Å²) in [6.07, 6.45) is 5.14. The fraction of sp³-hybridized carbons (Fsp3) is 0.194. The lowest BCUT2D eigenvalue weighted by Crippen LogP contribution is -2.32. The highest BCUT2D eigenvalue weighted by molar-refractivity contribution is 6.02. The second kappa shape index (κ2) is 12.2. The SMILES string of the molecule is N#CC(=Cc1cn(-c2ccccc2)nc1-c1cccc(OCc2ccccc2F)c1)C(=O)NCC1CCCO1. The average molecular weight is 523 g/mol. The second-order valence-electron chi connectivity index (χ2n) is 9.14. The molecular formula is C31H27FN4O3. The highest BCUT2D eigenvalue weighted by Crippen LogP contribution is 2.29. The molecule has 0 bridgehead atoms. The zero-order valence-electron chi connectivity index (χ0n) is 21.2. The summed E-state index contributed by atoms with van der Waals surface area (Å²) in [7, 11) is 0. The van der Waals surface area contributed by atoms with E-state index in [0.717, 1.165) is 24.1 Å². The molecule has 7 nitrogen and oxygen atoms in total. The van der Waals surface area contributed by atoms with Crippen LogP contribution in [0.5, 0.6) is 5.75 Å². The number of rotatable bonds is 9. The molecule has 1 saturated heterocycles. The largest absolute Gasteiger partial charge is 0.489 e. The van der Waals surface area contributed by atoms with Gasteiger partial charge < -0.3 is 14.8 Å². The average Bonchev–Trinajstić information content (AvgIpc) is 3.65. The summed E-state index contributed by atoms with van der Waals surface area (Å²) in [6.45, 7) is 1.12. The van der Waals surface area contributed by atoms with Gasteiger partial charge in [0, 0.05) is 36.0 Å². The van der Waals surface area contributed by atoms with Crippen molar-refractivity contribution in [1.29, 1.82) is 5.26 Å². The number of hydrogen-bond donors (Lipinski definition) is 1. The van der Waals surface area contributed by atoms with Crippen LogP contribution in [0, 0.1) is 17.1 Å². The second-order valence-corrected chi connectivity index (χ2v) is 9.14.